The molecule has 1 aliphatic rings. The lowest BCUT2D eigenvalue weighted by Gasteiger charge is -2.20. The van der Waals surface area contributed by atoms with Crippen molar-refractivity contribution in [3.05, 3.63) is 0 Å². The average Bonchev–Trinajstić information content (AvgIpc) is 2.03. The van der Waals surface area contributed by atoms with Gasteiger partial charge in [0.05, 0.1) is 0 Å². The minimum atomic E-state index is 0.0336. The fourth-order valence-corrected chi connectivity index (χ4v) is 1.74. The SMILES string of the molecule is CC(C)C(=O)C1CCCC(=O)C1. The van der Waals surface area contributed by atoms with Gasteiger partial charge in [0, 0.05) is 24.7 Å². The van der Waals surface area contributed by atoms with E-state index >= 15 is 0 Å². The second kappa shape index (κ2) is 3.83. The largest absolute Gasteiger partial charge is 0.300 e. The zero-order valence-corrected chi connectivity index (χ0v) is 7.80. The lowest BCUT2D eigenvalue weighted by molar-refractivity contribution is -0.132. The number of carbonyl (C=O) groups excluding carboxylic acids is 2. The molecular formula is C10H16O2. The molecule has 0 N–H and O–H groups in total. The first kappa shape index (κ1) is 9.43. The van der Waals surface area contributed by atoms with Gasteiger partial charge in [-0.3, -0.25) is 9.59 Å². The summed E-state index contributed by atoms with van der Waals surface area (Å²) in [6.45, 7) is 3.81. The van der Waals surface area contributed by atoms with Gasteiger partial charge in [-0.1, -0.05) is 13.8 Å². The monoisotopic (exact) mass is 168 g/mol. The summed E-state index contributed by atoms with van der Waals surface area (Å²) < 4.78 is 0. The zero-order chi connectivity index (χ0) is 9.14. The number of ketones is 2. The van der Waals surface area contributed by atoms with E-state index in [2.05, 4.69) is 0 Å². The van der Waals surface area contributed by atoms with Gasteiger partial charge in [-0.25, -0.2) is 0 Å². The molecule has 0 aromatic heterocycles. The molecule has 1 atom stereocenters. The normalized spacial score (nSPS) is 24.6. The Morgan fingerprint density at radius 1 is 1.50 bits per heavy atom. The quantitative estimate of drug-likeness (QED) is 0.631. The van der Waals surface area contributed by atoms with Gasteiger partial charge >= 0.3 is 0 Å². The fourth-order valence-electron chi connectivity index (χ4n) is 1.74. The lowest BCUT2D eigenvalue weighted by Crippen LogP contribution is -2.26. The molecule has 0 aliphatic heterocycles. The van der Waals surface area contributed by atoms with E-state index in [-0.39, 0.29) is 23.4 Å². The molecule has 1 unspecified atom stereocenters. The number of hydrogen-bond acceptors (Lipinski definition) is 2. The molecule has 68 valence electrons. The first-order valence-electron chi connectivity index (χ1n) is 4.66. The molecule has 0 aromatic rings. The summed E-state index contributed by atoms with van der Waals surface area (Å²) in [6, 6.07) is 0. The van der Waals surface area contributed by atoms with Crippen LogP contribution in [-0.2, 0) is 9.59 Å². The van der Waals surface area contributed by atoms with Crippen LogP contribution in [0.15, 0.2) is 0 Å². The first-order chi connectivity index (χ1) is 5.61. The Kier molecular flexibility index (Phi) is 3.01. The van der Waals surface area contributed by atoms with Crippen LogP contribution in [0.2, 0.25) is 0 Å². The third kappa shape index (κ3) is 2.16. The summed E-state index contributed by atoms with van der Waals surface area (Å²) in [5.74, 6) is 0.649. The minimum absolute atomic E-state index is 0.0336. The van der Waals surface area contributed by atoms with Crippen molar-refractivity contribution in [3.63, 3.8) is 0 Å². The predicted octanol–water partition coefficient (Wildman–Crippen LogP) is 1.97. The first-order valence-corrected chi connectivity index (χ1v) is 4.66. The van der Waals surface area contributed by atoms with Crippen LogP contribution >= 0.6 is 0 Å². The van der Waals surface area contributed by atoms with Crippen LogP contribution in [0.4, 0.5) is 0 Å². The van der Waals surface area contributed by atoms with Gasteiger partial charge < -0.3 is 0 Å². The van der Waals surface area contributed by atoms with Gasteiger partial charge in [0.25, 0.3) is 0 Å². The molecule has 1 fully saturated rings. The highest BCUT2D eigenvalue weighted by molar-refractivity contribution is 5.89. The molecule has 1 rings (SSSR count). The molecular weight excluding hydrogens is 152 g/mol. The highest BCUT2D eigenvalue weighted by Gasteiger charge is 2.26. The van der Waals surface area contributed by atoms with Crippen LogP contribution in [0.1, 0.15) is 39.5 Å². The Hall–Kier alpha value is -0.660. The fraction of sp³-hybridized carbons (Fsp3) is 0.800. The molecule has 0 aromatic carbocycles. The van der Waals surface area contributed by atoms with E-state index in [9.17, 15) is 9.59 Å². The molecule has 0 amide bonds. The number of Topliss-reactive ketones (excluding diaryl/α,β-unsaturated/α-hetero) is 2. The topological polar surface area (TPSA) is 34.1 Å². The van der Waals surface area contributed by atoms with Crippen molar-refractivity contribution in [2.45, 2.75) is 39.5 Å². The molecule has 0 radical (unpaired) electrons. The lowest BCUT2D eigenvalue weighted by atomic mass is 9.82. The van der Waals surface area contributed by atoms with Gasteiger partial charge in [0.15, 0.2) is 0 Å². The van der Waals surface area contributed by atoms with Crippen LogP contribution in [0.5, 0.6) is 0 Å². The van der Waals surface area contributed by atoms with E-state index in [0.717, 1.165) is 12.8 Å². The Morgan fingerprint density at radius 2 is 2.17 bits per heavy atom. The Balaban J connectivity index is 2.51. The smallest absolute Gasteiger partial charge is 0.138 e. The molecule has 0 spiro atoms. The van der Waals surface area contributed by atoms with Crippen LogP contribution in [0, 0.1) is 11.8 Å². The van der Waals surface area contributed by atoms with E-state index in [1.807, 2.05) is 13.8 Å². The maximum absolute atomic E-state index is 11.5. The van der Waals surface area contributed by atoms with Crippen LogP contribution in [-0.4, -0.2) is 11.6 Å². The standard InChI is InChI=1S/C10H16O2/c1-7(2)10(12)8-4-3-5-9(11)6-8/h7-8H,3-6H2,1-2H3. The van der Waals surface area contributed by atoms with Crippen molar-refractivity contribution in [2.24, 2.45) is 11.8 Å². The number of rotatable bonds is 2. The number of carbonyl (C=O) groups is 2. The molecule has 0 bridgehead atoms. The third-order valence-corrected chi connectivity index (χ3v) is 2.45. The van der Waals surface area contributed by atoms with Gasteiger partial charge in [-0.15, -0.1) is 0 Å². The Morgan fingerprint density at radius 3 is 2.67 bits per heavy atom. The predicted molar refractivity (Wildman–Crippen MR) is 46.8 cm³/mol. The Labute approximate surface area is 73.3 Å². The second-order valence-corrected chi connectivity index (χ2v) is 3.89. The molecule has 0 heterocycles. The summed E-state index contributed by atoms with van der Waals surface area (Å²) in [7, 11) is 0. The van der Waals surface area contributed by atoms with E-state index in [0.29, 0.717) is 12.8 Å². The zero-order valence-electron chi connectivity index (χ0n) is 7.80. The second-order valence-electron chi connectivity index (χ2n) is 3.89. The Bertz CT molecular complexity index is 194. The minimum Gasteiger partial charge on any atom is -0.300 e. The summed E-state index contributed by atoms with van der Waals surface area (Å²) >= 11 is 0. The van der Waals surface area contributed by atoms with Crippen LogP contribution in [0.3, 0.4) is 0 Å². The average molecular weight is 168 g/mol. The van der Waals surface area contributed by atoms with Gasteiger partial charge in [-0.05, 0) is 12.8 Å². The molecule has 2 nitrogen and oxygen atoms in total. The molecule has 12 heavy (non-hydrogen) atoms. The van der Waals surface area contributed by atoms with Gasteiger partial charge in [0.2, 0.25) is 0 Å². The van der Waals surface area contributed by atoms with Crippen LogP contribution in [0.25, 0.3) is 0 Å². The van der Waals surface area contributed by atoms with Gasteiger partial charge in [-0.2, -0.15) is 0 Å². The maximum atomic E-state index is 11.5. The van der Waals surface area contributed by atoms with E-state index in [4.69, 9.17) is 0 Å². The van der Waals surface area contributed by atoms with Crippen molar-refractivity contribution in [1.82, 2.24) is 0 Å². The summed E-state index contributed by atoms with van der Waals surface area (Å²) in [5.41, 5.74) is 0. The van der Waals surface area contributed by atoms with Crippen molar-refractivity contribution in [1.29, 1.82) is 0 Å². The molecule has 0 saturated heterocycles. The molecule has 2 heteroatoms. The molecule has 1 saturated carbocycles. The van der Waals surface area contributed by atoms with Crippen molar-refractivity contribution in [2.75, 3.05) is 0 Å². The van der Waals surface area contributed by atoms with E-state index in [1.165, 1.54) is 0 Å². The number of hydrogen-bond donors (Lipinski definition) is 0. The third-order valence-electron chi connectivity index (χ3n) is 2.45. The van der Waals surface area contributed by atoms with E-state index in [1.54, 1.807) is 0 Å². The van der Waals surface area contributed by atoms with E-state index < -0.39 is 0 Å². The highest BCUT2D eigenvalue weighted by Crippen LogP contribution is 2.24. The van der Waals surface area contributed by atoms with Gasteiger partial charge in [0.1, 0.15) is 11.6 Å². The summed E-state index contributed by atoms with van der Waals surface area (Å²) in [4.78, 5) is 22.5. The van der Waals surface area contributed by atoms with Crippen molar-refractivity contribution in [3.8, 4) is 0 Å². The highest BCUT2D eigenvalue weighted by atomic mass is 16.1. The maximum Gasteiger partial charge on any atom is 0.138 e. The molecule has 1 aliphatic carbocycles. The van der Waals surface area contributed by atoms with Crippen molar-refractivity contribution >= 4 is 11.6 Å². The summed E-state index contributed by atoms with van der Waals surface area (Å²) in [6.07, 6.45) is 3.00. The van der Waals surface area contributed by atoms with Crippen molar-refractivity contribution < 1.29 is 9.59 Å². The summed E-state index contributed by atoms with van der Waals surface area (Å²) in [5, 5.41) is 0. The van der Waals surface area contributed by atoms with Crippen LogP contribution < -0.4 is 0 Å².